The molecule has 0 amide bonds. The van der Waals surface area contributed by atoms with E-state index in [0.717, 1.165) is 10.0 Å². The Balaban J connectivity index is 1.96. The van der Waals surface area contributed by atoms with E-state index in [2.05, 4.69) is 76.6 Å². The molecular formula is C15H21BrN4O. The lowest BCUT2D eigenvalue weighted by Crippen LogP contribution is -2.35. The molecule has 114 valence electrons. The molecule has 2 aromatic rings. The molecule has 0 aliphatic heterocycles. The van der Waals surface area contributed by atoms with Crippen LogP contribution in [0.5, 0.6) is 0 Å². The quantitative estimate of drug-likeness (QED) is 0.854. The summed E-state index contributed by atoms with van der Waals surface area (Å²) in [5.41, 5.74) is 1.17. The van der Waals surface area contributed by atoms with E-state index in [1.54, 1.807) is 0 Å². The minimum atomic E-state index is 0.0195. The number of halogens is 1. The summed E-state index contributed by atoms with van der Waals surface area (Å²) in [5, 5.41) is 14.6. The minimum absolute atomic E-state index is 0.0195. The van der Waals surface area contributed by atoms with Gasteiger partial charge >= 0.3 is 6.01 Å². The molecular weight excluding hydrogens is 332 g/mol. The Morgan fingerprint density at radius 2 is 2.05 bits per heavy atom. The molecule has 1 aromatic carbocycles. The summed E-state index contributed by atoms with van der Waals surface area (Å²) < 4.78 is 6.64. The smallest absolute Gasteiger partial charge is 0.315 e. The number of rotatable bonds is 5. The van der Waals surface area contributed by atoms with Crippen LogP contribution in [0.25, 0.3) is 0 Å². The number of hydrogen-bond donors (Lipinski definition) is 2. The van der Waals surface area contributed by atoms with Crippen LogP contribution >= 0.6 is 15.9 Å². The maximum atomic E-state index is 5.59. The van der Waals surface area contributed by atoms with Crippen molar-refractivity contribution in [1.29, 1.82) is 0 Å². The lowest BCUT2D eigenvalue weighted by molar-refractivity contribution is 0.383. The number of hydrogen-bond acceptors (Lipinski definition) is 5. The second kappa shape index (κ2) is 6.58. The van der Waals surface area contributed by atoms with Gasteiger partial charge in [0.15, 0.2) is 0 Å². The molecule has 21 heavy (non-hydrogen) atoms. The Hall–Kier alpha value is -1.40. The largest absolute Gasteiger partial charge is 0.407 e. The molecule has 0 aliphatic rings. The van der Waals surface area contributed by atoms with Gasteiger partial charge in [-0.25, -0.2) is 0 Å². The van der Waals surface area contributed by atoms with Crippen molar-refractivity contribution in [2.24, 2.45) is 0 Å². The van der Waals surface area contributed by atoms with Crippen LogP contribution in [0.4, 0.5) is 6.01 Å². The fourth-order valence-electron chi connectivity index (χ4n) is 1.77. The van der Waals surface area contributed by atoms with Gasteiger partial charge in [0.2, 0.25) is 5.89 Å². The highest BCUT2D eigenvalue weighted by Crippen LogP contribution is 2.21. The minimum Gasteiger partial charge on any atom is -0.407 e. The molecule has 0 saturated heterocycles. The summed E-state index contributed by atoms with van der Waals surface area (Å²) in [4.78, 5) is 0. The molecule has 6 heteroatoms. The van der Waals surface area contributed by atoms with Crippen molar-refractivity contribution in [2.45, 2.75) is 45.8 Å². The summed E-state index contributed by atoms with van der Waals surface area (Å²) in [6.45, 7) is 8.90. The number of anilines is 1. The van der Waals surface area contributed by atoms with Crippen LogP contribution in [0.2, 0.25) is 0 Å². The Labute approximate surface area is 133 Å². The molecule has 1 heterocycles. The predicted octanol–water partition coefficient (Wildman–Crippen LogP) is 3.89. The van der Waals surface area contributed by atoms with Gasteiger partial charge in [-0.05, 0) is 45.4 Å². The van der Waals surface area contributed by atoms with Crippen LogP contribution in [0.15, 0.2) is 33.2 Å². The van der Waals surface area contributed by atoms with E-state index in [-0.39, 0.29) is 11.6 Å². The van der Waals surface area contributed by atoms with Crippen LogP contribution < -0.4 is 10.6 Å². The van der Waals surface area contributed by atoms with Crippen LogP contribution in [0.3, 0.4) is 0 Å². The lowest BCUT2D eigenvalue weighted by Gasteiger charge is -2.18. The third kappa shape index (κ3) is 5.13. The monoisotopic (exact) mass is 352 g/mol. The molecule has 0 spiro atoms. The second-order valence-corrected chi connectivity index (χ2v) is 6.94. The molecule has 5 nitrogen and oxygen atoms in total. The van der Waals surface area contributed by atoms with Gasteiger partial charge in [0, 0.05) is 10.0 Å². The maximum Gasteiger partial charge on any atom is 0.315 e. The highest BCUT2D eigenvalue weighted by atomic mass is 79.9. The number of nitrogens with zero attached hydrogens (tertiary/aromatic N) is 2. The zero-order chi connectivity index (χ0) is 15.5. The predicted molar refractivity (Wildman–Crippen MR) is 87.1 cm³/mol. The zero-order valence-corrected chi connectivity index (χ0v) is 14.4. The van der Waals surface area contributed by atoms with Crippen LogP contribution in [0, 0.1) is 0 Å². The van der Waals surface area contributed by atoms with Gasteiger partial charge in [0.1, 0.15) is 0 Å². The fourth-order valence-corrected chi connectivity index (χ4v) is 2.19. The topological polar surface area (TPSA) is 63.0 Å². The van der Waals surface area contributed by atoms with E-state index < -0.39 is 0 Å². The third-order valence-electron chi connectivity index (χ3n) is 2.93. The van der Waals surface area contributed by atoms with Gasteiger partial charge in [-0.3, -0.25) is 0 Å². The van der Waals surface area contributed by atoms with Gasteiger partial charge in [-0.15, -0.1) is 5.10 Å². The Morgan fingerprint density at radius 3 is 2.71 bits per heavy atom. The highest BCUT2D eigenvalue weighted by Gasteiger charge is 2.14. The molecule has 1 aromatic heterocycles. The van der Waals surface area contributed by atoms with E-state index in [1.807, 2.05) is 12.1 Å². The van der Waals surface area contributed by atoms with E-state index in [9.17, 15) is 0 Å². The normalized spacial score (nSPS) is 13.2. The number of benzene rings is 1. The summed E-state index contributed by atoms with van der Waals surface area (Å²) in [5.74, 6) is 0.578. The molecule has 2 N–H and O–H groups in total. The van der Waals surface area contributed by atoms with Gasteiger partial charge < -0.3 is 15.1 Å². The van der Waals surface area contributed by atoms with Gasteiger partial charge in [-0.1, -0.05) is 33.2 Å². The molecule has 0 saturated carbocycles. The van der Waals surface area contributed by atoms with Crippen LogP contribution in [-0.2, 0) is 6.54 Å². The Kier molecular flexibility index (Phi) is 5.00. The van der Waals surface area contributed by atoms with Crippen LogP contribution in [-0.4, -0.2) is 15.7 Å². The van der Waals surface area contributed by atoms with E-state index in [4.69, 9.17) is 4.42 Å². The third-order valence-corrected chi connectivity index (χ3v) is 3.42. The van der Waals surface area contributed by atoms with Gasteiger partial charge in [0.05, 0.1) is 12.6 Å². The molecule has 0 fully saturated rings. The number of aromatic nitrogens is 2. The van der Waals surface area contributed by atoms with Gasteiger partial charge in [0.25, 0.3) is 0 Å². The highest BCUT2D eigenvalue weighted by molar-refractivity contribution is 9.10. The average molecular weight is 353 g/mol. The van der Waals surface area contributed by atoms with Crippen molar-refractivity contribution in [3.63, 3.8) is 0 Å². The first-order chi connectivity index (χ1) is 9.83. The van der Waals surface area contributed by atoms with E-state index in [1.165, 1.54) is 0 Å². The number of nitrogens with one attached hydrogen (secondary N) is 2. The SMILES string of the molecule is CC(Nc1nnc(CNC(C)(C)C)o1)c1cccc(Br)c1. The van der Waals surface area contributed by atoms with E-state index in [0.29, 0.717) is 18.5 Å². The maximum absolute atomic E-state index is 5.59. The van der Waals surface area contributed by atoms with Gasteiger partial charge in [-0.2, -0.15) is 0 Å². The molecule has 1 atom stereocenters. The lowest BCUT2D eigenvalue weighted by atomic mass is 10.1. The molecule has 2 rings (SSSR count). The van der Waals surface area contributed by atoms with Crippen molar-refractivity contribution in [1.82, 2.24) is 15.5 Å². The van der Waals surface area contributed by atoms with Crippen molar-refractivity contribution in [3.05, 3.63) is 40.2 Å². The first-order valence-corrected chi connectivity index (χ1v) is 7.72. The molecule has 0 aliphatic carbocycles. The summed E-state index contributed by atoms with van der Waals surface area (Å²) >= 11 is 3.47. The first kappa shape index (κ1) is 16.0. The van der Waals surface area contributed by atoms with Crippen molar-refractivity contribution in [3.8, 4) is 0 Å². The summed E-state index contributed by atoms with van der Waals surface area (Å²) in [6, 6.07) is 8.65. The van der Waals surface area contributed by atoms with Crippen molar-refractivity contribution in [2.75, 3.05) is 5.32 Å². The van der Waals surface area contributed by atoms with E-state index >= 15 is 0 Å². The average Bonchev–Trinajstić information content (AvgIpc) is 2.83. The van der Waals surface area contributed by atoms with Crippen molar-refractivity contribution < 1.29 is 4.42 Å². The molecule has 1 unspecified atom stereocenters. The zero-order valence-electron chi connectivity index (χ0n) is 12.8. The molecule has 0 bridgehead atoms. The summed E-state index contributed by atoms with van der Waals surface area (Å²) in [7, 11) is 0. The summed E-state index contributed by atoms with van der Waals surface area (Å²) in [6.07, 6.45) is 0. The van der Waals surface area contributed by atoms with Crippen LogP contribution in [0.1, 0.15) is 45.2 Å². The first-order valence-electron chi connectivity index (χ1n) is 6.93. The standard InChI is InChI=1S/C15H21BrN4O/c1-10(11-6-5-7-12(16)8-11)18-14-20-19-13(21-14)9-17-15(2,3)4/h5-8,10,17H,9H2,1-4H3,(H,18,20). The fraction of sp³-hybridized carbons (Fsp3) is 0.467. The van der Waals surface area contributed by atoms with Crippen molar-refractivity contribution >= 4 is 21.9 Å². The Bertz CT molecular complexity index is 591. The Morgan fingerprint density at radius 1 is 1.29 bits per heavy atom. The molecule has 0 radical (unpaired) electrons. The second-order valence-electron chi connectivity index (χ2n) is 6.03.